The average Bonchev–Trinajstić information content (AvgIpc) is 2.14. The Morgan fingerprint density at radius 2 is 2.00 bits per heavy atom. The molecule has 16 heavy (non-hydrogen) atoms. The van der Waals surface area contributed by atoms with Crippen LogP contribution in [0.2, 0.25) is 0 Å². The standard InChI is InChI=1S/C10H10F3NO2/c1-5-4-6(8(14)10(11,12)13)2-3-7(5)9(15)16/h2-4,8H,14H2,1H3,(H,15,16)/t8-/m1/s1. The summed E-state index contributed by atoms with van der Waals surface area (Å²) in [4.78, 5) is 10.6. The monoisotopic (exact) mass is 233 g/mol. The number of benzene rings is 1. The van der Waals surface area contributed by atoms with Gasteiger partial charge in [-0.2, -0.15) is 13.2 Å². The summed E-state index contributed by atoms with van der Waals surface area (Å²) in [7, 11) is 0. The Kier molecular flexibility index (Phi) is 3.23. The van der Waals surface area contributed by atoms with Gasteiger partial charge < -0.3 is 10.8 Å². The van der Waals surface area contributed by atoms with Gasteiger partial charge in [-0.25, -0.2) is 4.79 Å². The van der Waals surface area contributed by atoms with E-state index in [9.17, 15) is 18.0 Å². The lowest BCUT2D eigenvalue weighted by Gasteiger charge is -2.16. The molecule has 0 aliphatic carbocycles. The van der Waals surface area contributed by atoms with Gasteiger partial charge in [-0.1, -0.05) is 12.1 Å². The molecule has 3 nitrogen and oxygen atoms in total. The van der Waals surface area contributed by atoms with E-state index in [1.807, 2.05) is 0 Å². The highest BCUT2D eigenvalue weighted by Crippen LogP contribution is 2.31. The van der Waals surface area contributed by atoms with Crippen LogP contribution in [0.1, 0.15) is 27.5 Å². The van der Waals surface area contributed by atoms with Crippen molar-refractivity contribution < 1.29 is 23.1 Å². The third-order valence-corrected chi connectivity index (χ3v) is 2.19. The number of hydrogen-bond donors (Lipinski definition) is 2. The summed E-state index contributed by atoms with van der Waals surface area (Å²) in [5.74, 6) is -1.18. The van der Waals surface area contributed by atoms with E-state index < -0.39 is 18.2 Å². The van der Waals surface area contributed by atoms with Gasteiger partial charge in [0, 0.05) is 0 Å². The summed E-state index contributed by atoms with van der Waals surface area (Å²) < 4.78 is 36.9. The quantitative estimate of drug-likeness (QED) is 0.823. The van der Waals surface area contributed by atoms with Crippen LogP contribution in [0.5, 0.6) is 0 Å². The molecule has 0 unspecified atom stereocenters. The van der Waals surface area contributed by atoms with E-state index in [2.05, 4.69) is 0 Å². The second-order valence-corrected chi connectivity index (χ2v) is 3.40. The molecule has 0 aliphatic heterocycles. The van der Waals surface area contributed by atoms with Crippen LogP contribution >= 0.6 is 0 Å². The van der Waals surface area contributed by atoms with Gasteiger partial charge in [0.05, 0.1) is 5.56 Å². The van der Waals surface area contributed by atoms with Crippen molar-refractivity contribution >= 4 is 5.97 Å². The fraction of sp³-hybridized carbons (Fsp3) is 0.300. The number of hydrogen-bond acceptors (Lipinski definition) is 2. The maximum atomic E-state index is 12.3. The van der Waals surface area contributed by atoms with Gasteiger partial charge in [0.1, 0.15) is 6.04 Å². The molecular formula is C10H10F3NO2. The molecule has 0 bridgehead atoms. The number of carboxylic acid groups (broad SMARTS) is 1. The van der Waals surface area contributed by atoms with Crippen LogP contribution in [0.4, 0.5) is 13.2 Å². The van der Waals surface area contributed by atoms with Crippen molar-refractivity contribution in [2.45, 2.75) is 19.1 Å². The minimum atomic E-state index is -4.53. The van der Waals surface area contributed by atoms with E-state index in [0.29, 0.717) is 0 Å². The lowest BCUT2D eigenvalue weighted by molar-refractivity contribution is -0.149. The molecule has 0 radical (unpaired) electrons. The van der Waals surface area contributed by atoms with Gasteiger partial charge in [0.25, 0.3) is 0 Å². The van der Waals surface area contributed by atoms with Crippen LogP contribution in [-0.2, 0) is 0 Å². The van der Waals surface area contributed by atoms with Crippen molar-refractivity contribution in [1.82, 2.24) is 0 Å². The molecule has 0 fully saturated rings. The zero-order chi connectivity index (χ0) is 12.5. The lowest BCUT2D eigenvalue weighted by Crippen LogP contribution is -2.28. The van der Waals surface area contributed by atoms with E-state index in [-0.39, 0.29) is 16.7 Å². The van der Waals surface area contributed by atoms with Gasteiger partial charge in [-0.15, -0.1) is 0 Å². The highest BCUT2D eigenvalue weighted by molar-refractivity contribution is 5.89. The SMILES string of the molecule is Cc1cc([C@@H](N)C(F)(F)F)ccc1C(=O)O. The van der Waals surface area contributed by atoms with Crippen LogP contribution < -0.4 is 5.73 Å². The van der Waals surface area contributed by atoms with Gasteiger partial charge in [0.15, 0.2) is 0 Å². The van der Waals surface area contributed by atoms with E-state index in [1.54, 1.807) is 0 Å². The molecule has 0 saturated carbocycles. The van der Waals surface area contributed by atoms with E-state index in [4.69, 9.17) is 10.8 Å². The molecule has 0 amide bonds. The summed E-state index contributed by atoms with van der Waals surface area (Å²) in [6.07, 6.45) is -4.53. The molecule has 0 spiro atoms. The summed E-state index contributed by atoms with van der Waals surface area (Å²) in [6, 6.07) is 1.25. The Balaban J connectivity index is 3.11. The van der Waals surface area contributed by atoms with Crippen molar-refractivity contribution in [2.75, 3.05) is 0 Å². The molecule has 1 rings (SSSR count). The fourth-order valence-electron chi connectivity index (χ4n) is 1.31. The number of carboxylic acids is 1. The highest BCUT2D eigenvalue weighted by atomic mass is 19.4. The van der Waals surface area contributed by atoms with Crippen LogP contribution in [0.3, 0.4) is 0 Å². The van der Waals surface area contributed by atoms with Gasteiger partial charge >= 0.3 is 12.1 Å². The molecule has 0 aromatic heterocycles. The highest BCUT2D eigenvalue weighted by Gasteiger charge is 2.37. The maximum Gasteiger partial charge on any atom is 0.407 e. The molecule has 88 valence electrons. The first-order valence-corrected chi connectivity index (χ1v) is 4.39. The zero-order valence-corrected chi connectivity index (χ0v) is 8.38. The Hall–Kier alpha value is -1.56. The molecular weight excluding hydrogens is 223 g/mol. The van der Waals surface area contributed by atoms with Crippen LogP contribution in [0.15, 0.2) is 18.2 Å². The number of nitrogens with two attached hydrogens (primary N) is 1. The summed E-state index contributed by atoms with van der Waals surface area (Å²) in [6.45, 7) is 1.43. The molecule has 0 aliphatic rings. The Morgan fingerprint density at radius 3 is 2.38 bits per heavy atom. The third-order valence-electron chi connectivity index (χ3n) is 2.19. The average molecular weight is 233 g/mol. The maximum absolute atomic E-state index is 12.3. The van der Waals surface area contributed by atoms with Crippen molar-refractivity contribution in [3.63, 3.8) is 0 Å². The minimum absolute atomic E-state index is 0.0295. The number of aromatic carboxylic acids is 1. The number of alkyl halides is 3. The number of rotatable bonds is 2. The van der Waals surface area contributed by atoms with Gasteiger partial charge in [-0.05, 0) is 24.1 Å². The number of aryl methyl sites for hydroxylation is 1. The van der Waals surface area contributed by atoms with Gasteiger partial charge in [0.2, 0.25) is 0 Å². The number of halogens is 3. The second kappa shape index (κ2) is 4.13. The summed E-state index contributed by atoms with van der Waals surface area (Å²) >= 11 is 0. The molecule has 1 atom stereocenters. The van der Waals surface area contributed by atoms with Crippen LogP contribution in [0, 0.1) is 6.92 Å². The molecule has 0 saturated heterocycles. The number of carbonyl (C=O) groups is 1. The first kappa shape index (κ1) is 12.5. The van der Waals surface area contributed by atoms with Gasteiger partial charge in [-0.3, -0.25) is 0 Å². The zero-order valence-electron chi connectivity index (χ0n) is 8.38. The third kappa shape index (κ3) is 2.52. The largest absolute Gasteiger partial charge is 0.478 e. The van der Waals surface area contributed by atoms with E-state index in [0.717, 1.165) is 18.2 Å². The molecule has 6 heteroatoms. The van der Waals surface area contributed by atoms with Crippen LogP contribution in [-0.4, -0.2) is 17.3 Å². The Morgan fingerprint density at radius 1 is 1.44 bits per heavy atom. The smallest absolute Gasteiger partial charge is 0.407 e. The fourth-order valence-corrected chi connectivity index (χ4v) is 1.31. The van der Waals surface area contributed by atoms with Crippen molar-refractivity contribution in [1.29, 1.82) is 0 Å². The predicted molar refractivity (Wildman–Crippen MR) is 51.1 cm³/mol. The normalized spacial score (nSPS) is 13.6. The summed E-state index contributed by atoms with van der Waals surface area (Å²) in [5.41, 5.74) is 5.08. The Bertz CT molecular complexity index is 415. The first-order valence-electron chi connectivity index (χ1n) is 4.39. The first-order chi connectivity index (χ1) is 7.23. The van der Waals surface area contributed by atoms with Crippen molar-refractivity contribution in [3.05, 3.63) is 34.9 Å². The molecule has 3 N–H and O–H groups in total. The molecule has 1 aromatic carbocycles. The van der Waals surface area contributed by atoms with E-state index >= 15 is 0 Å². The molecule has 0 heterocycles. The lowest BCUT2D eigenvalue weighted by atomic mass is 10.0. The second-order valence-electron chi connectivity index (χ2n) is 3.40. The minimum Gasteiger partial charge on any atom is -0.478 e. The topological polar surface area (TPSA) is 63.3 Å². The summed E-state index contributed by atoms with van der Waals surface area (Å²) in [5, 5.41) is 8.70. The van der Waals surface area contributed by atoms with Crippen molar-refractivity contribution in [3.8, 4) is 0 Å². The molecule has 1 aromatic rings. The van der Waals surface area contributed by atoms with Crippen LogP contribution in [0.25, 0.3) is 0 Å². The Labute approximate surface area is 89.7 Å². The predicted octanol–water partition coefficient (Wildman–Crippen LogP) is 2.26. The van der Waals surface area contributed by atoms with Crippen molar-refractivity contribution in [2.24, 2.45) is 5.73 Å². The van der Waals surface area contributed by atoms with E-state index in [1.165, 1.54) is 6.92 Å².